The van der Waals surface area contributed by atoms with Crippen molar-refractivity contribution in [2.75, 3.05) is 7.11 Å². The molecule has 1 N–H and O–H groups in total. The summed E-state index contributed by atoms with van der Waals surface area (Å²) in [5, 5.41) is 0.833. The van der Waals surface area contributed by atoms with Crippen LogP contribution in [0.2, 0.25) is 0 Å². The fraction of sp³-hybridized carbons (Fsp3) is 0.192. The van der Waals surface area contributed by atoms with E-state index in [4.69, 9.17) is 0 Å². The van der Waals surface area contributed by atoms with Crippen LogP contribution in [-0.2, 0) is 34.3 Å². The van der Waals surface area contributed by atoms with Gasteiger partial charge >= 0.3 is 5.97 Å². The minimum atomic E-state index is -4.03. The Hall–Kier alpha value is -3.82. The summed E-state index contributed by atoms with van der Waals surface area (Å²) in [7, 11) is -2.77. The molecule has 0 aliphatic rings. The number of aromatic nitrogens is 2. The summed E-state index contributed by atoms with van der Waals surface area (Å²) in [6.07, 6.45) is 4.03. The fourth-order valence-corrected chi connectivity index (χ4v) is 5.19. The van der Waals surface area contributed by atoms with Crippen LogP contribution in [0.25, 0.3) is 10.9 Å². The van der Waals surface area contributed by atoms with Gasteiger partial charge in [0, 0.05) is 36.6 Å². The Kier molecular flexibility index (Phi) is 7.09. The van der Waals surface area contributed by atoms with Gasteiger partial charge in [-0.05, 0) is 71.5 Å². The largest absolute Gasteiger partial charge is 0.465 e. The third kappa shape index (κ3) is 5.31. The summed E-state index contributed by atoms with van der Waals surface area (Å²) in [5.74, 6) is -0.560. The maximum Gasteiger partial charge on any atom is 0.337 e. The fourth-order valence-electron chi connectivity index (χ4n) is 3.78. The molecule has 0 saturated carbocycles. The number of carbonyl (C=O) groups excluding carboxylic acids is 1. The van der Waals surface area contributed by atoms with Crippen LogP contribution in [0.4, 0.5) is 0 Å². The van der Waals surface area contributed by atoms with Crippen molar-refractivity contribution in [1.29, 1.82) is 0 Å². The first kappa shape index (κ1) is 24.3. The standard InChI is InChI=1S/C26H25N3O5S/c1-3-18-6-11-24-21(13-18)14-22(25(30)28-24)17-29(16-19-5-4-12-27-15-19)35(32,33)23-9-7-20(8-10-23)26(31)34-2/h4-15H,3,16-17H2,1-2H3,(H,28,30). The minimum Gasteiger partial charge on any atom is -0.465 e. The maximum atomic E-state index is 13.6. The van der Waals surface area contributed by atoms with Crippen molar-refractivity contribution in [1.82, 2.24) is 14.3 Å². The molecule has 0 spiro atoms. The first-order valence-corrected chi connectivity index (χ1v) is 12.5. The lowest BCUT2D eigenvalue weighted by molar-refractivity contribution is 0.0600. The Balaban J connectivity index is 1.75. The Morgan fingerprint density at radius 2 is 1.80 bits per heavy atom. The number of aromatic amines is 1. The number of hydrogen-bond donors (Lipinski definition) is 1. The highest BCUT2D eigenvalue weighted by Gasteiger charge is 2.26. The van der Waals surface area contributed by atoms with Crippen LogP contribution in [0.1, 0.15) is 34.0 Å². The van der Waals surface area contributed by atoms with Crippen LogP contribution in [-0.4, -0.2) is 35.8 Å². The number of benzene rings is 2. The van der Waals surface area contributed by atoms with Gasteiger partial charge in [-0.3, -0.25) is 9.78 Å². The third-order valence-corrected chi connectivity index (χ3v) is 7.54. The number of methoxy groups -OCH3 is 1. The number of sulfonamides is 1. The van der Waals surface area contributed by atoms with Crippen molar-refractivity contribution in [3.63, 3.8) is 0 Å². The molecule has 35 heavy (non-hydrogen) atoms. The van der Waals surface area contributed by atoms with Crippen molar-refractivity contribution >= 4 is 26.9 Å². The zero-order valence-corrected chi connectivity index (χ0v) is 20.2. The van der Waals surface area contributed by atoms with Crippen LogP contribution in [0.15, 0.2) is 82.7 Å². The van der Waals surface area contributed by atoms with Gasteiger partial charge in [0.05, 0.1) is 17.6 Å². The van der Waals surface area contributed by atoms with E-state index in [9.17, 15) is 18.0 Å². The summed E-state index contributed by atoms with van der Waals surface area (Å²) in [4.78, 5) is 31.5. The molecule has 8 nitrogen and oxygen atoms in total. The van der Waals surface area contributed by atoms with Crippen LogP contribution in [0.5, 0.6) is 0 Å². The van der Waals surface area contributed by atoms with E-state index in [1.54, 1.807) is 30.6 Å². The Morgan fingerprint density at radius 3 is 2.46 bits per heavy atom. The van der Waals surface area contributed by atoms with Crippen molar-refractivity contribution < 1.29 is 17.9 Å². The molecule has 0 amide bonds. The number of fused-ring (bicyclic) bond motifs is 1. The maximum absolute atomic E-state index is 13.6. The molecule has 9 heteroatoms. The van der Waals surface area contributed by atoms with Crippen LogP contribution in [0.3, 0.4) is 0 Å². The van der Waals surface area contributed by atoms with E-state index in [1.807, 2.05) is 25.1 Å². The number of ether oxygens (including phenoxy) is 1. The molecule has 0 atom stereocenters. The number of carbonyl (C=O) groups is 1. The predicted molar refractivity (Wildman–Crippen MR) is 132 cm³/mol. The van der Waals surface area contributed by atoms with Gasteiger partial charge in [-0.15, -0.1) is 0 Å². The molecule has 0 aliphatic heterocycles. The van der Waals surface area contributed by atoms with Gasteiger partial charge in [0.1, 0.15) is 0 Å². The molecule has 4 aromatic rings. The number of esters is 1. The Morgan fingerprint density at radius 1 is 1.03 bits per heavy atom. The molecular formula is C26H25N3O5S. The van der Waals surface area contributed by atoms with E-state index in [-0.39, 0.29) is 29.1 Å². The van der Waals surface area contributed by atoms with Crippen LogP contribution >= 0.6 is 0 Å². The normalized spacial score (nSPS) is 11.6. The number of H-pyrrole nitrogens is 1. The second-order valence-corrected chi connectivity index (χ2v) is 9.99. The number of hydrogen-bond acceptors (Lipinski definition) is 6. The highest BCUT2D eigenvalue weighted by atomic mass is 32.2. The lowest BCUT2D eigenvalue weighted by atomic mass is 10.1. The molecule has 0 fully saturated rings. The lowest BCUT2D eigenvalue weighted by Gasteiger charge is -2.22. The van der Waals surface area contributed by atoms with E-state index in [0.29, 0.717) is 16.6 Å². The van der Waals surface area contributed by atoms with Gasteiger partial charge in [-0.2, -0.15) is 4.31 Å². The average molecular weight is 492 g/mol. The summed E-state index contributed by atoms with van der Waals surface area (Å²) >= 11 is 0. The topological polar surface area (TPSA) is 109 Å². The number of nitrogens with one attached hydrogen (secondary N) is 1. The molecule has 2 heterocycles. The highest BCUT2D eigenvalue weighted by molar-refractivity contribution is 7.89. The van der Waals surface area contributed by atoms with Gasteiger partial charge in [0.2, 0.25) is 10.0 Å². The van der Waals surface area contributed by atoms with Crippen molar-refractivity contribution in [2.45, 2.75) is 31.3 Å². The molecule has 0 aliphatic carbocycles. The van der Waals surface area contributed by atoms with E-state index in [0.717, 1.165) is 17.4 Å². The summed E-state index contributed by atoms with van der Waals surface area (Å²) in [6, 6.07) is 16.5. The van der Waals surface area contributed by atoms with Crippen molar-refractivity contribution in [2.24, 2.45) is 0 Å². The molecule has 0 radical (unpaired) electrons. The quantitative estimate of drug-likeness (QED) is 0.377. The first-order chi connectivity index (χ1) is 16.8. The summed E-state index contributed by atoms with van der Waals surface area (Å²) in [6.45, 7) is 1.92. The van der Waals surface area contributed by atoms with Crippen molar-refractivity contribution in [3.8, 4) is 0 Å². The van der Waals surface area contributed by atoms with Crippen LogP contribution in [0, 0.1) is 0 Å². The van der Waals surface area contributed by atoms with Gasteiger partial charge in [0.15, 0.2) is 0 Å². The van der Waals surface area contributed by atoms with Crippen molar-refractivity contribution in [3.05, 3.63) is 106 Å². The second-order valence-electron chi connectivity index (χ2n) is 8.05. The Labute approximate surface area is 203 Å². The van der Waals surface area contributed by atoms with Crippen LogP contribution < -0.4 is 5.56 Å². The van der Waals surface area contributed by atoms with E-state index in [1.165, 1.54) is 35.7 Å². The lowest BCUT2D eigenvalue weighted by Crippen LogP contribution is -2.32. The molecule has 4 rings (SSSR count). The highest BCUT2D eigenvalue weighted by Crippen LogP contribution is 2.22. The molecule has 2 aromatic heterocycles. The van der Waals surface area contributed by atoms with E-state index >= 15 is 0 Å². The smallest absolute Gasteiger partial charge is 0.337 e. The SMILES string of the molecule is CCc1ccc2[nH]c(=O)c(CN(Cc3cccnc3)S(=O)(=O)c3ccc(C(=O)OC)cc3)cc2c1. The molecular weight excluding hydrogens is 466 g/mol. The summed E-state index contributed by atoms with van der Waals surface area (Å²) in [5.41, 5.74) is 2.69. The molecule has 0 unspecified atom stereocenters. The van der Waals surface area contributed by atoms with Gasteiger partial charge in [0.25, 0.3) is 5.56 Å². The van der Waals surface area contributed by atoms with Gasteiger partial charge in [-0.1, -0.05) is 19.1 Å². The molecule has 2 aromatic carbocycles. The zero-order chi connectivity index (χ0) is 25.0. The number of aryl methyl sites for hydroxylation is 1. The number of nitrogens with zero attached hydrogens (tertiary/aromatic N) is 2. The van der Waals surface area contributed by atoms with E-state index in [2.05, 4.69) is 14.7 Å². The zero-order valence-electron chi connectivity index (χ0n) is 19.4. The van der Waals surface area contributed by atoms with E-state index < -0.39 is 16.0 Å². The van der Waals surface area contributed by atoms with Gasteiger partial charge < -0.3 is 9.72 Å². The second kappa shape index (κ2) is 10.2. The predicted octanol–water partition coefficient (Wildman–Crippen LogP) is 3.66. The third-order valence-electron chi connectivity index (χ3n) is 5.74. The molecule has 0 saturated heterocycles. The molecule has 180 valence electrons. The monoisotopic (exact) mass is 491 g/mol. The number of pyridine rings is 2. The number of rotatable bonds is 8. The van der Waals surface area contributed by atoms with Gasteiger partial charge in [-0.25, -0.2) is 13.2 Å². The Bertz CT molecular complexity index is 1510. The minimum absolute atomic E-state index is 0.000435. The summed E-state index contributed by atoms with van der Waals surface area (Å²) < 4.78 is 33.2. The molecule has 0 bridgehead atoms. The average Bonchev–Trinajstić information content (AvgIpc) is 2.88. The first-order valence-electron chi connectivity index (χ1n) is 11.0.